The van der Waals surface area contributed by atoms with E-state index in [1.165, 1.54) is 17.4 Å². The largest absolute Gasteiger partial charge is 0.477 e. The molecule has 0 aliphatic heterocycles. The minimum atomic E-state index is -1.22. The minimum Gasteiger partial charge on any atom is -0.477 e. The second-order valence-electron chi connectivity index (χ2n) is 6.50. The van der Waals surface area contributed by atoms with Crippen LogP contribution in [0.3, 0.4) is 0 Å². The summed E-state index contributed by atoms with van der Waals surface area (Å²) in [6.07, 6.45) is 1.36. The molecule has 0 spiro atoms. The van der Waals surface area contributed by atoms with Gasteiger partial charge < -0.3 is 9.84 Å². The minimum absolute atomic E-state index is 0.220. The molecule has 25 heavy (non-hydrogen) atoms. The van der Waals surface area contributed by atoms with Gasteiger partial charge in [0.25, 0.3) is 0 Å². The Kier molecular flexibility index (Phi) is 5.98. The summed E-state index contributed by atoms with van der Waals surface area (Å²) in [6.45, 7) is 5.15. The zero-order valence-electron chi connectivity index (χ0n) is 14.4. The van der Waals surface area contributed by atoms with Crippen molar-refractivity contribution < 1.29 is 19.4 Å². The van der Waals surface area contributed by atoms with Gasteiger partial charge in [0.1, 0.15) is 11.3 Å². The van der Waals surface area contributed by atoms with Crippen LogP contribution < -0.4 is 5.32 Å². The molecule has 2 N–H and O–H groups in total. The number of benzene rings is 1. The molecule has 1 heterocycles. The second kappa shape index (κ2) is 7.98. The van der Waals surface area contributed by atoms with E-state index in [9.17, 15) is 14.7 Å². The molecule has 0 saturated carbocycles. The summed E-state index contributed by atoms with van der Waals surface area (Å²) < 4.78 is 5.11. The predicted octanol–water partition coefficient (Wildman–Crippen LogP) is 4.29. The van der Waals surface area contributed by atoms with Crippen LogP contribution >= 0.6 is 11.3 Å². The van der Waals surface area contributed by atoms with E-state index in [0.717, 1.165) is 16.7 Å². The van der Waals surface area contributed by atoms with Crippen LogP contribution in [-0.2, 0) is 16.0 Å². The molecule has 0 fully saturated rings. The molecule has 0 atom stereocenters. The lowest BCUT2D eigenvalue weighted by atomic mass is 10.0. The van der Waals surface area contributed by atoms with E-state index in [4.69, 9.17) is 4.74 Å². The van der Waals surface area contributed by atoms with Crippen LogP contribution in [0.5, 0.6) is 0 Å². The Morgan fingerprint density at radius 2 is 1.88 bits per heavy atom. The van der Waals surface area contributed by atoms with Gasteiger partial charge in [0, 0.05) is 0 Å². The van der Waals surface area contributed by atoms with Gasteiger partial charge in [0.15, 0.2) is 0 Å². The number of amides is 1. The zero-order chi connectivity index (χ0) is 18.4. The van der Waals surface area contributed by atoms with Crippen molar-refractivity contribution in [1.29, 1.82) is 0 Å². The number of hydrogen-bond acceptors (Lipinski definition) is 4. The average molecular weight is 359 g/mol. The maximum atomic E-state index is 11.8. The number of carboxylic acids is 1. The summed E-state index contributed by atoms with van der Waals surface area (Å²) >= 11 is 1.49. The molecule has 0 bridgehead atoms. The topological polar surface area (TPSA) is 75.6 Å². The molecule has 1 aromatic heterocycles. The quantitative estimate of drug-likeness (QED) is 0.781. The fourth-order valence-corrected chi connectivity index (χ4v) is 2.96. The van der Waals surface area contributed by atoms with Crippen LogP contribution in [0.25, 0.3) is 6.08 Å². The number of ether oxygens (including phenoxy) is 1. The van der Waals surface area contributed by atoms with Crippen molar-refractivity contribution in [3.63, 3.8) is 0 Å². The number of alkyl carbamates (subject to hydrolysis) is 1. The van der Waals surface area contributed by atoms with Crippen molar-refractivity contribution in [2.45, 2.75) is 32.8 Å². The van der Waals surface area contributed by atoms with Crippen molar-refractivity contribution in [3.05, 3.63) is 63.5 Å². The van der Waals surface area contributed by atoms with E-state index in [0.29, 0.717) is 6.42 Å². The number of carbonyl (C=O) groups is 2. The Morgan fingerprint density at radius 1 is 1.20 bits per heavy atom. The summed E-state index contributed by atoms with van der Waals surface area (Å²) in [5.41, 5.74) is 1.98. The van der Waals surface area contributed by atoms with Crippen molar-refractivity contribution in [2.24, 2.45) is 0 Å². The number of hydrogen-bond donors (Lipinski definition) is 2. The van der Waals surface area contributed by atoms with Gasteiger partial charge >= 0.3 is 12.1 Å². The fourth-order valence-electron chi connectivity index (χ4n) is 2.14. The summed E-state index contributed by atoms with van der Waals surface area (Å²) in [6, 6.07) is 9.91. The van der Waals surface area contributed by atoms with Crippen LogP contribution in [0.15, 0.2) is 46.8 Å². The van der Waals surface area contributed by atoms with Gasteiger partial charge in [-0.15, -0.1) is 0 Å². The monoisotopic (exact) mass is 359 g/mol. The lowest BCUT2D eigenvalue weighted by molar-refractivity contribution is -0.133. The van der Waals surface area contributed by atoms with Gasteiger partial charge in [-0.05, 0) is 60.7 Å². The third-order valence-corrected chi connectivity index (χ3v) is 3.99. The first-order chi connectivity index (χ1) is 11.7. The molecule has 0 unspecified atom stereocenters. The zero-order valence-corrected chi connectivity index (χ0v) is 15.2. The van der Waals surface area contributed by atoms with Crippen molar-refractivity contribution in [2.75, 3.05) is 0 Å². The van der Waals surface area contributed by atoms with Gasteiger partial charge in [-0.3, -0.25) is 5.32 Å². The second-order valence-corrected chi connectivity index (χ2v) is 7.25. The first-order valence-corrected chi connectivity index (χ1v) is 8.73. The first-order valence-electron chi connectivity index (χ1n) is 7.78. The molecule has 1 amide bonds. The lowest BCUT2D eigenvalue weighted by Crippen LogP contribution is -2.34. The highest BCUT2D eigenvalue weighted by atomic mass is 32.1. The molecule has 0 saturated heterocycles. The van der Waals surface area contributed by atoms with Gasteiger partial charge in [-0.2, -0.15) is 11.3 Å². The number of aliphatic carboxylic acids is 1. The van der Waals surface area contributed by atoms with E-state index in [-0.39, 0.29) is 5.70 Å². The SMILES string of the molecule is CC(C)(C)OC(=O)NC(=Cc1cscc1Cc1ccccc1)C(=O)O. The Hall–Kier alpha value is -2.60. The average Bonchev–Trinajstić information content (AvgIpc) is 2.92. The van der Waals surface area contributed by atoms with Crippen LogP contribution in [0, 0.1) is 0 Å². The number of thiophene rings is 1. The number of carbonyl (C=O) groups excluding carboxylic acids is 1. The summed E-state index contributed by atoms with van der Waals surface area (Å²) in [5.74, 6) is -1.22. The smallest absolute Gasteiger partial charge is 0.412 e. The maximum absolute atomic E-state index is 11.8. The molecule has 0 radical (unpaired) electrons. The highest BCUT2D eigenvalue weighted by Gasteiger charge is 2.19. The standard InChI is InChI=1S/C19H21NO4S/c1-19(2,3)24-18(23)20-16(17(21)22)10-15-12-25-11-14(15)9-13-7-5-4-6-8-13/h4-8,10-12H,9H2,1-3H3,(H,20,23)(H,21,22). The summed E-state index contributed by atoms with van der Waals surface area (Å²) in [4.78, 5) is 23.3. The number of nitrogens with one attached hydrogen (secondary N) is 1. The van der Waals surface area contributed by atoms with Crippen LogP contribution in [-0.4, -0.2) is 22.8 Å². The van der Waals surface area contributed by atoms with E-state index < -0.39 is 17.7 Å². The molecule has 1 aromatic carbocycles. The van der Waals surface area contributed by atoms with E-state index in [1.54, 1.807) is 20.8 Å². The van der Waals surface area contributed by atoms with E-state index >= 15 is 0 Å². The van der Waals surface area contributed by atoms with Gasteiger partial charge in [0.2, 0.25) is 0 Å². The van der Waals surface area contributed by atoms with E-state index in [2.05, 4.69) is 5.32 Å². The van der Waals surface area contributed by atoms with Gasteiger partial charge in [0.05, 0.1) is 0 Å². The number of rotatable bonds is 5. The highest BCUT2D eigenvalue weighted by molar-refractivity contribution is 7.08. The molecule has 0 aliphatic carbocycles. The molecule has 2 aromatic rings. The highest BCUT2D eigenvalue weighted by Crippen LogP contribution is 2.21. The Bertz CT molecular complexity index is 772. The Balaban J connectivity index is 2.19. The normalized spacial score (nSPS) is 11.9. The molecular weight excluding hydrogens is 338 g/mol. The summed E-state index contributed by atoms with van der Waals surface area (Å²) in [5, 5.41) is 15.5. The number of carboxylic acid groups (broad SMARTS) is 1. The van der Waals surface area contributed by atoms with Crippen molar-refractivity contribution in [1.82, 2.24) is 5.32 Å². The molecule has 0 aliphatic rings. The third-order valence-electron chi connectivity index (χ3n) is 3.18. The summed E-state index contributed by atoms with van der Waals surface area (Å²) in [7, 11) is 0. The van der Waals surface area contributed by atoms with Crippen LogP contribution in [0.4, 0.5) is 4.79 Å². The van der Waals surface area contributed by atoms with Crippen LogP contribution in [0.1, 0.15) is 37.5 Å². The van der Waals surface area contributed by atoms with Crippen molar-refractivity contribution in [3.8, 4) is 0 Å². The lowest BCUT2D eigenvalue weighted by Gasteiger charge is -2.19. The molecule has 132 valence electrons. The van der Waals surface area contributed by atoms with Gasteiger partial charge in [-0.1, -0.05) is 30.3 Å². The molecule has 6 heteroatoms. The Labute approximate surface area is 151 Å². The first kappa shape index (κ1) is 18.7. The maximum Gasteiger partial charge on any atom is 0.412 e. The molecule has 2 rings (SSSR count). The van der Waals surface area contributed by atoms with Crippen LogP contribution in [0.2, 0.25) is 0 Å². The molecular formula is C19H21NO4S. The Morgan fingerprint density at radius 3 is 2.48 bits per heavy atom. The van der Waals surface area contributed by atoms with E-state index in [1.807, 2.05) is 41.1 Å². The third kappa shape index (κ3) is 6.08. The van der Waals surface area contributed by atoms with Crippen molar-refractivity contribution >= 4 is 29.5 Å². The molecule has 5 nitrogen and oxygen atoms in total. The fraction of sp³-hybridized carbons (Fsp3) is 0.263. The van der Waals surface area contributed by atoms with Gasteiger partial charge in [-0.25, -0.2) is 9.59 Å². The predicted molar refractivity (Wildman–Crippen MR) is 98.5 cm³/mol.